The van der Waals surface area contributed by atoms with E-state index < -0.39 is 0 Å². The van der Waals surface area contributed by atoms with Crippen LogP contribution >= 0.6 is 11.8 Å². The minimum Gasteiger partial charge on any atom is -0.309 e. The molecular weight excluding hydrogens is 271 g/mol. The van der Waals surface area contributed by atoms with Gasteiger partial charge in [0.25, 0.3) is 0 Å². The van der Waals surface area contributed by atoms with Gasteiger partial charge in [-0.1, -0.05) is 19.1 Å². The van der Waals surface area contributed by atoms with Crippen molar-refractivity contribution in [2.24, 2.45) is 0 Å². The first kappa shape index (κ1) is 15.0. The van der Waals surface area contributed by atoms with Gasteiger partial charge in [0.05, 0.1) is 0 Å². The summed E-state index contributed by atoms with van der Waals surface area (Å²) in [5, 5.41) is 3.45. The van der Waals surface area contributed by atoms with Crippen molar-refractivity contribution >= 4 is 11.8 Å². The molecule has 0 radical (unpaired) electrons. The van der Waals surface area contributed by atoms with Gasteiger partial charge >= 0.3 is 0 Å². The van der Waals surface area contributed by atoms with Gasteiger partial charge in [0, 0.05) is 29.1 Å². The first-order chi connectivity index (χ1) is 9.72. The quantitative estimate of drug-likeness (QED) is 0.815. The average Bonchev–Trinajstić information content (AvgIpc) is 2.46. The van der Waals surface area contributed by atoms with Gasteiger partial charge in [0.2, 0.25) is 0 Å². The van der Waals surface area contributed by atoms with E-state index in [-0.39, 0.29) is 11.9 Å². The third-order valence-electron chi connectivity index (χ3n) is 3.15. The van der Waals surface area contributed by atoms with Crippen molar-refractivity contribution in [3.63, 3.8) is 0 Å². The van der Waals surface area contributed by atoms with Crippen LogP contribution in [0.4, 0.5) is 4.39 Å². The Kier molecular flexibility index (Phi) is 5.56. The molecule has 106 valence electrons. The first-order valence-electron chi connectivity index (χ1n) is 6.73. The minimum absolute atomic E-state index is 0.157. The second-order valence-corrected chi connectivity index (χ2v) is 5.65. The molecule has 1 aromatic heterocycles. The monoisotopic (exact) mass is 290 g/mol. The first-order valence-corrected chi connectivity index (χ1v) is 7.72. The fraction of sp³-hybridized carbons (Fsp3) is 0.312. The fourth-order valence-corrected chi connectivity index (χ4v) is 3.11. The Morgan fingerprint density at radius 1 is 1.30 bits per heavy atom. The summed E-state index contributed by atoms with van der Waals surface area (Å²) in [7, 11) is 0. The highest BCUT2D eigenvalue weighted by Gasteiger charge is 2.14. The Bertz CT molecular complexity index is 560. The number of benzene rings is 1. The standard InChI is InChI=1S/C16H19FN2S/c1-3-19-15(13-10-18-9-8-12(13)2)11-20-16-7-5-4-6-14(16)17/h4-10,15,19H,3,11H2,1-2H3. The maximum atomic E-state index is 13.7. The van der Waals surface area contributed by atoms with E-state index in [1.54, 1.807) is 12.3 Å². The lowest BCUT2D eigenvalue weighted by Gasteiger charge is -2.19. The summed E-state index contributed by atoms with van der Waals surface area (Å²) in [6, 6.07) is 9.08. The molecule has 20 heavy (non-hydrogen) atoms. The molecule has 0 spiro atoms. The van der Waals surface area contributed by atoms with Crippen LogP contribution in [0.1, 0.15) is 24.1 Å². The van der Waals surface area contributed by atoms with Crippen LogP contribution in [0, 0.1) is 12.7 Å². The van der Waals surface area contributed by atoms with Gasteiger partial charge in [-0.05, 0) is 42.8 Å². The summed E-state index contributed by atoms with van der Waals surface area (Å²) in [5.41, 5.74) is 2.39. The van der Waals surface area contributed by atoms with E-state index in [0.29, 0.717) is 4.90 Å². The zero-order chi connectivity index (χ0) is 14.4. The molecule has 0 saturated heterocycles. The van der Waals surface area contributed by atoms with Crippen LogP contribution in [0.5, 0.6) is 0 Å². The molecule has 0 amide bonds. The van der Waals surface area contributed by atoms with Gasteiger partial charge in [-0.15, -0.1) is 11.8 Å². The molecule has 1 heterocycles. The van der Waals surface area contributed by atoms with E-state index in [9.17, 15) is 4.39 Å². The number of rotatable bonds is 6. The molecule has 0 fully saturated rings. The maximum absolute atomic E-state index is 13.7. The van der Waals surface area contributed by atoms with Crippen LogP contribution in [0.3, 0.4) is 0 Å². The molecule has 0 aliphatic heterocycles. The molecule has 0 saturated carbocycles. The van der Waals surface area contributed by atoms with Crippen molar-refractivity contribution in [2.75, 3.05) is 12.3 Å². The Morgan fingerprint density at radius 3 is 2.80 bits per heavy atom. The maximum Gasteiger partial charge on any atom is 0.136 e. The number of aryl methyl sites for hydroxylation is 1. The predicted octanol–water partition coefficient (Wildman–Crippen LogP) is 3.97. The van der Waals surface area contributed by atoms with Crippen LogP contribution in [0.2, 0.25) is 0 Å². The van der Waals surface area contributed by atoms with Crippen LogP contribution in [-0.2, 0) is 0 Å². The van der Waals surface area contributed by atoms with Crippen LogP contribution in [-0.4, -0.2) is 17.3 Å². The molecule has 1 unspecified atom stereocenters. The topological polar surface area (TPSA) is 24.9 Å². The number of nitrogens with one attached hydrogen (secondary N) is 1. The third-order valence-corrected chi connectivity index (χ3v) is 4.29. The number of nitrogens with zero attached hydrogens (tertiary/aromatic N) is 1. The largest absolute Gasteiger partial charge is 0.309 e. The summed E-state index contributed by atoms with van der Waals surface area (Å²) in [5.74, 6) is 0.622. The zero-order valence-corrected chi connectivity index (χ0v) is 12.6. The Hall–Kier alpha value is -1.39. The molecule has 0 bridgehead atoms. The van der Waals surface area contributed by atoms with E-state index in [2.05, 4.69) is 24.1 Å². The Balaban J connectivity index is 2.11. The van der Waals surface area contributed by atoms with Crippen LogP contribution in [0.25, 0.3) is 0 Å². The zero-order valence-electron chi connectivity index (χ0n) is 11.8. The predicted molar refractivity (Wildman–Crippen MR) is 82.5 cm³/mol. The summed E-state index contributed by atoms with van der Waals surface area (Å²) < 4.78 is 13.7. The number of thioether (sulfide) groups is 1. The molecule has 2 nitrogen and oxygen atoms in total. The molecule has 1 atom stereocenters. The van der Waals surface area contributed by atoms with Crippen molar-refractivity contribution in [1.29, 1.82) is 0 Å². The second kappa shape index (κ2) is 7.41. The molecule has 1 aromatic carbocycles. The number of halogens is 1. The number of pyridine rings is 1. The normalized spacial score (nSPS) is 12.3. The fourth-order valence-electron chi connectivity index (χ4n) is 2.08. The highest BCUT2D eigenvalue weighted by molar-refractivity contribution is 7.99. The van der Waals surface area contributed by atoms with Crippen LogP contribution < -0.4 is 5.32 Å². The highest BCUT2D eigenvalue weighted by Crippen LogP contribution is 2.27. The molecular formula is C16H19FN2S. The van der Waals surface area contributed by atoms with Gasteiger partial charge in [0.15, 0.2) is 0 Å². The lowest BCUT2D eigenvalue weighted by Crippen LogP contribution is -2.24. The lowest BCUT2D eigenvalue weighted by molar-refractivity contribution is 0.593. The SMILES string of the molecule is CCNC(CSc1ccccc1F)c1cnccc1C. The molecule has 2 aromatic rings. The van der Waals surface area contributed by atoms with E-state index in [0.717, 1.165) is 12.3 Å². The minimum atomic E-state index is -0.157. The van der Waals surface area contributed by atoms with Gasteiger partial charge in [-0.2, -0.15) is 0 Å². The number of aromatic nitrogens is 1. The van der Waals surface area contributed by atoms with Crippen molar-refractivity contribution < 1.29 is 4.39 Å². The van der Waals surface area contributed by atoms with Crippen LogP contribution in [0.15, 0.2) is 47.6 Å². The summed E-state index contributed by atoms with van der Waals surface area (Å²) in [4.78, 5) is 4.89. The second-order valence-electron chi connectivity index (χ2n) is 4.58. The molecule has 4 heteroatoms. The smallest absolute Gasteiger partial charge is 0.136 e. The van der Waals surface area contributed by atoms with Crippen molar-refractivity contribution in [3.05, 3.63) is 59.7 Å². The van der Waals surface area contributed by atoms with Crippen molar-refractivity contribution in [3.8, 4) is 0 Å². The molecule has 2 rings (SSSR count). The molecule has 0 aliphatic carbocycles. The summed E-state index contributed by atoms with van der Waals surface area (Å²) in [6.45, 7) is 5.03. The van der Waals surface area contributed by atoms with E-state index in [1.807, 2.05) is 24.4 Å². The van der Waals surface area contributed by atoms with Gasteiger partial charge < -0.3 is 5.32 Å². The van der Waals surface area contributed by atoms with Gasteiger partial charge in [-0.3, -0.25) is 4.98 Å². The summed E-state index contributed by atoms with van der Waals surface area (Å²) >= 11 is 1.53. The van der Waals surface area contributed by atoms with Gasteiger partial charge in [-0.25, -0.2) is 4.39 Å². The average molecular weight is 290 g/mol. The third kappa shape index (κ3) is 3.81. The number of hydrogen-bond donors (Lipinski definition) is 1. The van der Waals surface area contributed by atoms with Crippen molar-refractivity contribution in [2.45, 2.75) is 24.8 Å². The lowest BCUT2D eigenvalue weighted by atomic mass is 10.1. The van der Waals surface area contributed by atoms with E-state index in [4.69, 9.17) is 0 Å². The van der Waals surface area contributed by atoms with Crippen molar-refractivity contribution in [1.82, 2.24) is 10.3 Å². The Labute approximate surface area is 123 Å². The Morgan fingerprint density at radius 2 is 2.10 bits per heavy atom. The van der Waals surface area contributed by atoms with E-state index in [1.165, 1.54) is 29.0 Å². The molecule has 0 aliphatic rings. The van der Waals surface area contributed by atoms with Gasteiger partial charge in [0.1, 0.15) is 5.82 Å². The molecule has 1 N–H and O–H groups in total. The van der Waals surface area contributed by atoms with E-state index >= 15 is 0 Å². The number of hydrogen-bond acceptors (Lipinski definition) is 3. The summed E-state index contributed by atoms with van der Waals surface area (Å²) in [6.07, 6.45) is 3.69. The highest BCUT2D eigenvalue weighted by atomic mass is 32.2.